The first-order valence-corrected chi connectivity index (χ1v) is 6.25. The molecule has 0 spiro atoms. The molecule has 0 aliphatic carbocycles. The van der Waals surface area contributed by atoms with E-state index in [1.807, 2.05) is 16.8 Å². The summed E-state index contributed by atoms with van der Waals surface area (Å²) in [6, 6.07) is 5.26. The van der Waals surface area contributed by atoms with Gasteiger partial charge in [0.05, 0.1) is 18.0 Å². The molecule has 0 saturated heterocycles. The van der Waals surface area contributed by atoms with E-state index in [1.54, 1.807) is 23.5 Å². The van der Waals surface area contributed by atoms with Crippen LogP contribution in [-0.2, 0) is 6.54 Å². The lowest BCUT2D eigenvalue weighted by Gasteiger charge is -2.10. The second-order valence-electron chi connectivity index (χ2n) is 3.71. The van der Waals surface area contributed by atoms with E-state index in [-0.39, 0.29) is 5.75 Å². The van der Waals surface area contributed by atoms with E-state index < -0.39 is 6.10 Å². The molecule has 0 aliphatic rings. The van der Waals surface area contributed by atoms with Gasteiger partial charge in [0, 0.05) is 13.1 Å². The number of hydrogen-bond donors (Lipinski definition) is 3. The summed E-state index contributed by atoms with van der Waals surface area (Å²) in [5, 5.41) is 25.9. The molecule has 0 radical (unpaired) electrons. The third-order valence-electron chi connectivity index (χ3n) is 2.38. The Kier molecular flexibility index (Phi) is 4.08. The topological polar surface area (TPSA) is 65.4 Å². The highest BCUT2D eigenvalue weighted by Crippen LogP contribution is 2.15. The third kappa shape index (κ3) is 3.52. The Labute approximate surface area is 104 Å². The van der Waals surface area contributed by atoms with Gasteiger partial charge in [-0.3, -0.25) is 4.98 Å². The van der Waals surface area contributed by atoms with Gasteiger partial charge in [-0.2, -0.15) is 11.3 Å². The fraction of sp³-hybridized carbons (Fsp3) is 0.250. The molecule has 0 bridgehead atoms. The molecular weight excluding hydrogens is 236 g/mol. The number of thiophene rings is 1. The summed E-state index contributed by atoms with van der Waals surface area (Å²) in [4.78, 5) is 4.05. The van der Waals surface area contributed by atoms with Crippen LogP contribution in [0.15, 0.2) is 35.2 Å². The Balaban J connectivity index is 1.78. The summed E-state index contributed by atoms with van der Waals surface area (Å²) in [6.45, 7) is 1.06. The van der Waals surface area contributed by atoms with Crippen molar-refractivity contribution in [2.75, 3.05) is 6.54 Å². The number of aromatic hydroxyl groups is 1. The zero-order valence-corrected chi connectivity index (χ0v) is 10.0. The van der Waals surface area contributed by atoms with Crippen molar-refractivity contribution in [3.8, 4) is 5.75 Å². The molecule has 4 nitrogen and oxygen atoms in total. The van der Waals surface area contributed by atoms with Gasteiger partial charge in [0.25, 0.3) is 0 Å². The number of aromatic nitrogens is 1. The zero-order valence-electron chi connectivity index (χ0n) is 9.21. The third-order valence-corrected chi connectivity index (χ3v) is 3.08. The molecule has 2 rings (SSSR count). The van der Waals surface area contributed by atoms with E-state index in [1.165, 1.54) is 6.20 Å². The fourth-order valence-corrected chi connectivity index (χ4v) is 2.15. The first-order valence-electron chi connectivity index (χ1n) is 5.30. The van der Waals surface area contributed by atoms with Crippen LogP contribution < -0.4 is 5.32 Å². The largest absolute Gasteiger partial charge is 0.506 e. The summed E-state index contributed by atoms with van der Waals surface area (Å²) in [7, 11) is 0. The second-order valence-corrected chi connectivity index (χ2v) is 4.49. The highest BCUT2D eigenvalue weighted by molar-refractivity contribution is 7.07. The fourth-order valence-electron chi connectivity index (χ4n) is 1.44. The first kappa shape index (κ1) is 12.0. The Morgan fingerprint density at radius 3 is 2.88 bits per heavy atom. The maximum absolute atomic E-state index is 9.82. The van der Waals surface area contributed by atoms with E-state index in [9.17, 15) is 5.11 Å². The Morgan fingerprint density at radius 1 is 1.35 bits per heavy atom. The molecular formula is C12H14N2O2S. The van der Waals surface area contributed by atoms with Gasteiger partial charge in [-0.05, 0) is 34.5 Å². The van der Waals surface area contributed by atoms with Gasteiger partial charge in [0.2, 0.25) is 0 Å². The van der Waals surface area contributed by atoms with Crippen molar-refractivity contribution in [1.82, 2.24) is 10.3 Å². The number of pyridine rings is 1. The highest BCUT2D eigenvalue weighted by atomic mass is 32.1. The van der Waals surface area contributed by atoms with Crippen LogP contribution in [0.25, 0.3) is 0 Å². The molecule has 0 aromatic carbocycles. The van der Waals surface area contributed by atoms with Gasteiger partial charge >= 0.3 is 0 Å². The normalized spacial score (nSPS) is 12.5. The van der Waals surface area contributed by atoms with E-state index in [0.29, 0.717) is 13.1 Å². The predicted octanol–water partition coefficient (Wildman–Crippen LogP) is 1.67. The number of hydrogen-bond acceptors (Lipinski definition) is 5. The minimum atomic E-state index is -0.488. The molecule has 2 aromatic rings. The summed E-state index contributed by atoms with van der Waals surface area (Å²) < 4.78 is 0. The highest BCUT2D eigenvalue weighted by Gasteiger charge is 2.06. The van der Waals surface area contributed by atoms with Gasteiger partial charge in [0.15, 0.2) is 0 Å². The van der Waals surface area contributed by atoms with Crippen LogP contribution in [-0.4, -0.2) is 21.7 Å². The van der Waals surface area contributed by atoms with Crippen molar-refractivity contribution in [3.05, 3.63) is 46.4 Å². The van der Waals surface area contributed by atoms with Crippen LogP contribution in [0.2, 0.25) is 0 Å². The van der Waals surface area contributed by atoms with Crippen LogP contribution in [0, 0.1) is 0 Å². The Morgan fingerprint density at radius 2 is 2.24 bits per heavy atom. The SMILES string of the molecule is Oc1ccc(CNCC(O)c2ccsc2)nc1. The molecule has 0 aliphatic heterocycles. The zero-order chi connectivity index (χ0) is 12.1. The number of aliphatic hydroxyl groups excluding tert-OH is 1. The first-order chi connectivity index (χ1) is 8.25. The van der Waals surface area contributed by atoms with Gasteiger partial charge in [-0.1, -0.05) is 0 Å². The van der Waals surface area contributed by atoms with Crippen molar-refractivity contribution in [2.24, 2.45) is 0 Å². The molecule has 2 aromatic heterocycles. The van der Waals surface area contributed by atoms with Crippen LogP contribution in [0.1, 0.15) is 17.4 Å². The average Bonchev–Trinajstić information content (AvgIpc) is 2.85. The summed E-state index contributed by atoms with van der Waals surface area (Å²) in [5.41, 5.74) is 1.77. The van der Waals surface area contributed by atoms with Gasteiger partial charge in [-0.25, -0.2) is 0 Å². The smallest absolute Gasteiger partial charge is 0.133 e. The maximum atomic E-state index is 9.82. The van der Waals surface area contributed by atoms with Gasteiger partial charge in [-0.15, -0.1) is 0 Å². The standard InChI is InChI=1S/C12H14N2O2S/c15-11-2-1-10(14-6-11)5-13-7-12(16)9-3-4-17-8-9/h1-4,6,8,12-13,15-16H,5,7H2. The predicted molar refractivity (Wildman–Crippen MR) is 66.9 cm³/mol. The maximum Gasteiger partial charge on any atom is 0.133 e. The summed E-state index contributed by atoms with van der Waals surface area (Å²) in [5.74, 6) is 0.159. The molecule has 90 valence electrons. The molecule has 1 atom stereocenters. The molecule has 1 unspecified atom stereocenters. The van der Waals surface area contributed by atoms with E-state index in [4.69, 9.17) is 5.11 Å². The summed E-state index contributed by atoms with van der Waals surface area (Å²) >= 11 is 1.57. The lowest BCUT2D eigenvalue weighted by Crippen LogP contribution is -2.21. The molecule has 3 N–H and O–H groups in total. The number of nitrogens with one attached hydrogen (secondary N) is 1. The van der Waals surface area contributed by atoms with Crippen LogP contribution in [0.3, 0.4) is 0 Å². The lowest BCUT2D eigenvalue weighted by molar-refractivity contribution is 0.174. The van der Waals surface area contributed by atoms with E-state index >= 15 is 0 Å². The molecule has 0 saturated carbocycles. The van der Waals surface area contributed by atoms with Crippen molar-refractivity contribution in [2.45, 2.75) is 12.6 Å². The number of nitrogens with zero attached hydrogens (tertiary/aromatic N) is 1. The number of rotatable bonds is 5. The molecule has 5 heteroatoms. The van der Waals surface area contributed by atoms with Gasteiger partial charge < -0.3 is 15.5 Å². The minimum Gasteiger partial charge on any atom is -0.506 e. The molecule has 0 amide bonds. The van der Waals surface area contributed by atoms with Gasteiger partial charge in [0.1, 0.15) is 5.75 Å². The molecule has 2 heterocycles. The van der Waals surface area contributed by atoms with E-state index in [2.05, 4.69) is 10.3 Å². The van der Waals surface area contributed by atoms with Crippen LogP contribution in [0.4, 0.5) is 0 Å². The Bertz CT molecular complexity index is 442. The number of aliphatic hydroxyl groups is 1. The van der Waals surface area contributed by atoms with Crippen molar-refractivity contribution in [3.63, 3.8) is 0 Å². The van der Waals surface area contributed by atoms with Crippen molar-refractivity contribution >= 4 is 11.3 Å². The minimum absolute atomic E-state index is 0.159. The second kappa shape index (κ2) is 5.77. The van der Waals surface area contributed by atoms with E-state index in [0.717, 1.165) is 11.3 Å². The quantitative estimate of drug-likeness (QED) is 0.755. The van der Waals surface area contributed by atoms with Crippen LogP contribution >= 0.6 is 11.3 Å². The monoisotopic (exact) mass is 250 g/mol. The Hall–Kier alpha value is -1.43. The molecule has 0 fully saturated rings. The molecule has 17 heavy (non-hydrogen) atoms. The lowest BCUT2D eigenvalue weighted by atomic mass is 10.2. The average molecular weight is 250 g/mol. The van der Waals surface area contributed by atoms with Crippen LogP contribution in [0.5, 0.6) is 5.75 Å². The summed E-state index contributed by atoms with van der Waals surface area (Å²) in [6.07, 6.45) is 0.921. The van der Waals surface area contributed by atoms with Crippen molar-refractivity contribution < 1.29 is 10.2 Å². The van der Waals surface area contributed by atoms with Crippen molar-refractivity contribution in [1.29, 1.82) is 0 Å².